The van der Waals surface area contributed by atoms with E-state index in [4.69, 9.17) is 15.8 Å². The summed E-state index contributed by atoms with van der Waals surface area (Å²) in [5.41, 5.74) is -20.6. The summed E-state index contributed by atoms with van der Waals surface area (Å²) in [5.74, 6) is -33.7. The molecule has 2 aliphatic carbocycles. The van der Waals surface area contributed by atoms with E-state index in [9.17, 15) is 42.1 Å². The summed E-state index contributed by atoms with van der Waals surface area (Å²) in [6.07, 6.45) is 0. The van der Waals surface area contributed by atoms with Crippen LogP contribution in [0, 0.1) is 150 Å². The molecule has 0 saturated heterocycles. The summed E-state index contributed by atoms with van der Waals surface area (Å²) in [7, 11) is 0. The van der Waals surface area contributed by atoms with Crippen molar-refractivity contribution in [1.82, 2.24) is 0 Å². The Balaban J connectivity index is 2.03. The van der Waals surface area contributed by atoms with Gasteiger partial charge in [-0.15, -0.1) is 0 Å². The maximum Gasteiger partial charge on any atom is 0.180 e. The minimum atomic E-state index is -3.15. The Morgan fingerprint density at radius 2 is 0.673 bits per heavy atom. The van der Waals surface area contributed by atoms with Gasteiger partial charge in [0.05, 0.1) is 33.9 Å². The highest BCUT2D eigenvalue weighted by Crippen LogP contribution is 2.78. The molecule has 3 aromatic carbocycles. The lowest BCUT2D eigenvalue weighted by atomic mass is 9.76. The minimum Gasteiger partial charge on any atom is -0.203 e. The molecule has 0 bridgehead atoms. The Morgan fingerprint density at radius 3 is 0.898 bits per heavy atom. The maximum atomic E-state index is 15.3. The number of fused-ring (bicyclic) bond motifs is 1. The number of rotatable bonds is 3. The highest BCUT2D eigenvalue weighted by Gasteiger charge is 2.79. The van der Waals surface area contributed by atoms with E-state index in [1.807, 2.05) is 0 Å². The standard InChI is InChI=1S/C31H2F12N6/c32-19-9(3-46)20(33)26(39)14(25(19)38)7(1-44)12-13(8(2-45)15-27(40)21(34)10(4-47)22(35)28(15)41)17-16(12)31(17,6-49)18-29(42)23(36)11(5-48)24(37)30(18)43/h16-17H/b12-7+,13-8?. The Kier molecular flexibility index (Phi) is 7.68. The molecule has 3 unspecified atom stereocenters. The molecule has 240 valence electrons. The van der Waals surface area contributed by atoms with Crippen molar-refractivity contribution >= 4 is 11.1 Å². The van der Waals surface area contributed by atoms with Crippen LogP contribution in [0.5, 0.6) is 0 Å². The Morgan fingerprint density at radius 1 is 0.408 bits per heavy atom. The second-order valence-corrected chi connectivity index (χ2v) is 10.1. The van der Waals surface area contributed by atoms with Gasteiger partial charge in [0, 0.05) is 11.8 Å². The number of hydrogen-bond acceptors (Lipinski definition) is 6. The zero-order valence-corrected chi connectivity index (χ0v) is 22.9. The summed E-state index contributed by atoms with van der Waals surface area (Å²) in [6.45, 7) is 0. The van der Waals surface area contributed by atoms with Crippen LogP contribution in [-0.2, 0) is 5.41 Å². The monoisotopic (exact) mass is 686 g/mol. The zero-order chi connectivity index (χ0) is 36.6. The van der Waals surface area contributed by atoms with Gasteiger partial charge in [-0.1, -0.05) is 0 Å². The largest absolute Gasteiger partial charge is 0.203 e. The molecule has 49 heavy (non-hydrogen) atoms. The summed E-state index contributed by atoms with van der Waals surface area (Å²) in [5, 5.41) is 56.8. The molecule has 18 heteroatoms. The van der Waals surface area contributed by atoms with Crippen LogP contribution >= 0.6 is 0 Å². The van der Waals surface area contributed by atoms with Crippen LogP contribution in [0.1, 0.15) is 33.4 Å². The van der Waals surface area contributed by atoms with Crippen molar-refractivity contribution in [2.24, 2.45) is 11.8 Å². The van der Waals surface area contributed by atoms with Crippen LogP contribution in [0.3, 0.4) is 0 Å². The molecule has 5 rings (SSSR count). The molecule has 2 aliphatic rings. The van der Waals surface area contributed by atoms with E-state index >= 15 is 26.3 Å². The van der Waals surface area contributed by atoms with Gasteiger partial charge in [-0.3, -0.25) is 0 Å². The van der Waals surface area contributed by atoms with Crippen molar-refractivity contribution in [3.8, 4) is 36.4 Å². The van der Waals surface area contributed by atoms with E-state index in [1.165, 1.54) is 6.07 Å². The predicted octanol–water partition coefficient (Wildman–Crippen LogP) is 6.95. The molecule has 2 fully saturated rings. The summed E-state index contributed by atoms with van der Waals surface area (Å²) < 4.78 is 179. The van der Waals surface area contributed by atoms with Crippen LogP contribution in [0.4, 0.5) is 52.7 Å². The lowest BCUT2D eigenvalue weighted by Crippen LogP contribution is -2.17. The Labute approximate surface area is 263 Å². The molecule has 3 atom stereocenters. The van der Waals surface area contributed by atoms with Gasteiger partial charge >= 0.3 is 0 Å². The number of nitrogens with zero attached hydrogens (tertiary/aromatic N) is 6. The van der Waals surface area contributed by atoms with Gasteiger partial charge < -0.3 is 0 Å². The van der Waals surface area contributed by atoms with Gasteiger partial charge in [0.2, 0.25) is 0 Å². The lowest BCUT2D eigenvalue weighted by Gasteiger charge is -2.25. The van der Waals surface area contributed by atoms with Gasteiger partial charge in [-0.2, -0.15) is 31.6 Å². The minimum absolute atomic E-state index is 0.791. The van der Waals surface area contributed by atoms with Crippen molar-refractivity contribution in [2.45, 2.75) is 5.41 Å². The van der Waals surface area contributed by atoms with Crippen LogP contribution in [0.2, 0.25) is 0 Å². The second-order valence-electron chi connectivity index (χ2n) is 10.1. The highest BCUT2D eigenvalue weighted by atomic mass is 19.2. The van der Waals surface area contributed by atoms with E-state index in [0.29, 0.717) is 0 Å². The molecular formula is C31H2F12N6. The van der Waals surface area contributed by atoms with Crippen molar-refractivity contribution in [2.75, 3.05) is 0 Å². The van der Waals surface area contributed by atoms with Gasteiger partial charge in [0.25, 0.3) is 0 Å². The van der Waals surface area contributed by atoms with Crippen molar-refractivity contribution in [3.63, 3.8) is 0 Å². The fourth-order valence-electron chi connectivity index (χ4n) is 6.00. The maximum absolute atomic E-state index is 15.3. The molecule has 6 nitrogen and oxygen atoms in total. The molecule has 3 aromatic rings. The molecule has 0 aliphatic heterocycles. The van der Waals surface area contributed by atoms with Crippen LogP contribution in [-0.4, -0.2) is 0 Å². The first-order chi connectivity index (χ1) is 23.1. The van der Waals surface area contributed by atoms with Crippen molar-refractivity contribution in [1.29, 1.82) is 31.6 Å². The summed E-state index contributed by atoms with van der Waals surface area (Å²) >= 11 is 0. The molecular weight excluding hydrogens is 684 g/mol. The average Bonchev–Trinajstić information content (AvgIpc) is 3.66. The number of nitriles is 6. The Hall–Kier alpha value is -6.76. The first kappa shape index (κ1) is 33.6. The highest BCUT2D eigenvalue weighted by molar-refractivity contribution is 5.97. The van der Waals surface area contributed by atoms with E-state index in [-0.39, 0.29) is 0 Å². The van der Waals surface area contributed by atoms with E-state index in [1.54, 1.807) is 0 Å². The third-order valence-corrected chi connectivity index (χ3v) is 8.10. The molecule has 0 radical (unpaired) electrons. The molecule has 0 heterocycles. The van der Waals surface area contributed by atoms with E-state index in [0.717, 1.165) is 30.3 Å². The lowest BCUT2D eigenvalue weighted by molar-refractivity contribution is 0.427. The zero-order valence-electron chi connectivity index (χ0n) is 22.9. The first-order valence-corrected chi connectivity index (χ1v) is 12.6. The van der Waals surface area contributed by atoms with Gasteiger partial charge in [-0.05, 0) is 11.1 Å². The Bertz CT molecular complexity index is 2250. The normalized spacial score (nSPS) is 20.7. The van der Waals surface area contributed by atoms with Crippen LogP contribution in [0.25, 0.3) is 11.1 Å². The third-order valence-electron chi connectivity index (χ3n) is 8.10. The fourth-order valence-corrected chi connectivity index (χ4v) is 6.00. The second kappa shape index (κ2) is 11.2. The van der Waals surface area contributed by atoms with Gasteiger partial charge in [-0.25, -0.2) is 52.7 Å². The van der Waals surface area contributed by atoms with E-state index in [2.05, 4.69) is 0 Å². The van der Waals surface area contributed by atoms with Crippen molar-refractivity contribution < 1.29 is 52.7 Å². The SMILES string of the molecule is N#CC(=C1/C(=C(/C#N)c2c(F)c(F)c(C#N)c(F)c2F)C2C1C2(C#N)c1c(F)c(F)c(C#N)c(F)c1F)c1c(F)c(F)c(C#N)c(F)c1F. The molecule has 0 aromatic heterocycles. The predicted molar refractivity (Wildman–Crippen MR) is 132 cm³/mol. The van der Waals surface area contributed by atoms with E-state index < -0.39 is 143 Å². The summed E-state index contributed by atoms with van der Waals surface area (Å²) in [4.78, 5) is 0. The van der Waals surface area contributed by atoms with Gasteiger partial charge in [0.1, 0.15) is 52.5 Å². The molecule has 0 N–H and O–H groups in total. The molecule has 0 amide bonds. The quantitative estimate of drug-likeness (QED) is 0.166. The smallest absolute Gasteiger partial charge is 0.180 e. The number of benzene rings is 3. The fraction of sp³-hybridized carbons (Fsp3) is 0.0968. The first-order valence-electron chi connectivity index (χ1n) is 12.6. The number of hydrogen-bond donors (Lipinski definition) is 0. The molecule has 0 spiro atoms. The van der Waals surface area contributed by atoms with Crippen LogP contribution in [0.15, 0.2) is 11.1 Å². The molecule has 2 saturated carbocycles. The topological polar surface area (TPSA) is 143 Å². The van der Waals surface area contributed by atoms with Crippen LogP contribution < -0.4 is 0 Å². The third kappa shape index (κ3) is 3.98. The average molecular weight is 686 g/mol. The van der Waals surface area contributed by atoms with Gasteiger partial charge in [0.15, 0.2) is 69.8 Å². The number of halogens is 12. The van der Waals surface area contributed by atoms with Crippen molar-refractivity contribution in [3.05, 3.63) is 114 Å². The number of allylic oxidation sites excluding steroid dienone is 4. The summed E-state index contributed by atoms with van der Waals surface area (Å²) in [6, 6.07) is 5.69.